The molecule has 1 heterocycles. The van der Waals surface area contributed by atoms with Crippen LogP contribution in [-0.2, 0) is 4.79 Å². The second-order valence-electron chi connectivity index (χ2n) is 5.69. The zero-order chi connectivity index (χ0) is 14.4. The predicted octanol–water partition coefficient (Wildman–Crippen LogP) is 2.78. The van der Waals surface area contributed by atoms with Crippen LogP contribution in [0.3, 0.4) is 0 Å². The third kappa shape index (κ3) is 3.83. The Bertz CT molecular complexity index is 418. The summed E-state index contributed by atoms with van der Waals surface area (Å²) in [5.41, 5.74) is 1.32. The molecule has 0 radical (unpaired) electrons. The summed E-state index contributed by atoms with van der Waals surface area (Å²) in [6, 6.07) is 10.9. The number of likely N-dealkylation sites (tertiary alicyclic amines) is 1. The fourth-order valence-electron chi connectivity index (χ4n) is 2.97. The van der Waals surface area contributed by atoms with Gasteiger partial charge in [-0.05, 0) is 37.4 Å². The molecule has 2 rings (SSSR count). The molecule has 0 saturated carbocycles. The second kappa shape index (κ2) is 7.44. The number of rotatable bonds is 7. The first kappa shape index (κ1) is 15.0. The Morgan fingerprint density at radius 1 is 1.35 bits per heavy atom. The molecule has 1 aliphatic heterocycles. The molecule has 1 aromatic carbocycles. The minimum Gasteiger partial charge on any atom is -0.339 e. The molecule has 1 N–H and O–H groups in total. The summed E-state index contributed by atoms with van der Waals surface area (Å²) in [4.78, 5) is 14.2. The second-order valence-corrected chi connectivity index (χ2v) is 5.69. The van der Waals surface area contributed by atoms with Crippen LogP contribution in [0.1, 0.15) is 44.6 Å². The number of amides is 1. The molecular weight excluding hydrogens is 248 g/mol. The number of carbonyl (C=O) groups is 1. The van der Waals surface area contributed by atoms with Crippen LogP contribution in [0.2, 0.25) is 0 Å². The average Bonchev–Trinajstić information content (AvgIpc) is 2.81. The molecule has 2 atom stereocenters. The van der Waals surface area contributed by atoms with Gasteiger partial charge in [-0.25, -0.2) is 0 Å². The number of benzene rings is 1. The molecule has 110 valence electrons. The number of hydrogen-bond acceptors (Lipinski definition) is 2. The highest BCUT2D eigenvalue weighted by Crippen LogP contribution is 2.25. The molecule has 1 fully saturated rings. The standard InChI is InChI=1S/C17H26N2O/c1-3-18-12-11-16-9-10-17(20)19(16)13-14(2)15-7-5-4-6-8-15/h4-8,14,16,18H,3,9-13H2,1-2H3/t14-,16-/m1/s1. The SMILES string of the molecule is CCNCC[C@H]1CCC(=O)N1C[C@@H](C)c1ccccc1. The molecule has 3 nitrogen and oxygen atoms in total. The molecule has 20 heavy (non-hydrogen) atoms. The van der Waals surface area contributed by atoms with E-state index in [1.807, 2.05) is 6.07 Å². The van der Waals surface area contributed by atoms with Gasteiger partial charge in [0.15, 0.2) is 0 Å². The summed E-state index contributed by atoms with van der Waals surface area (Å²) in [5.74, 6) is 0.731. The summed E-state index contributed by atoms with van der Waals surface area (Å²) in [7, 11) is 0. The highest BCUT2D eigenvalue weighted by atomic mass is 16.2. The Kier molecular flexibility index (Phi) is 5.60. The molecule has 1 aromatic rings. The van der Waals surface area contributed by atoms with Crippen molar-refractivity contribution in [2.45, 2.75) is 45.1 Å². The van der Waals surface area contributed by atoms with Gasteiger partial charge in [0.25, 0.3) is 0 Å². The Morgan fingerprint density at radius 3 is 2.80 bits per heavy atom. The average molecular weight is 274 g/mol. The van der Waals surface area contributed by atoms with E-state index in [0.29, 0.717) is 17.9 Å². The van der Waals surface area contributed by atoms with Crippen LogP contribution < -0.4 is 5.32 Å². The molecule has 0 aliphatic carbocycles. The van der Waals surface area contributed by atoms with Crippen LogP contribution in [0, 0.1) is 0 Å². The van der Waals surface area contributed by atoms with Crippen molar-refractivity contribution in [3.63, 3.8) is 0 Å². The Morgan fingerprint density at radius 2 is 2.10 bits per heavy atom. The Hall–Kier alpha value is -1.35. The molecule has 1 aliphatic rings. The summed E-state index contributed by atoms with van der Waals surface area (Å²) >= 11 is 0. The number of hydrogen-bond donors (Lipinski definition) is 1. The van der Waals surface area contributed by atoms with Gasteiger partial charge in [-0.3, -0.25) is 4.79 Å². The van der Waals surface area contributed by atoms with E-state index in [9.17, 15) is 4.79 Å². The summed E-state index contributed by atoms with van der Waals surface area (Å²) in [5, 5.41) is 3.36. The molecule has 3 heteroatoms. The van der Waals surface area contributed by atoms with Crippen molar-refractivity contribution < 1.29 is 4.79 Å². The van der Waals surface area contributed by atoms with Gasteiger partial charge in [-0.15, -0.1) is 0 Å². The van der Waals surface area contributed by atoms with Crippen LogP contribution in [0.15, 0.2) is 30.3 Å². The fraction of sp³-hybridized carbons (Fsp3) is 0.588. The van der Waals surface area contributed by atoms with Crippen LogP contribution in [0.4, 0.5) is 0 Å². The van der Waals surface area contributed by atoms with Gasteiger partial charge in [0.2, 0.25) is 5.91 Å². The number of nitrogens with zero attached hydrogens (tertiary/aromatic N) is 1. The van der Waals surface area contributed by atoms with E-state index in [1.54, 1.807) is 0 Å². The van der Waals surface area contributed by atoms with E-state index >= 15 is 0 Å². The lowest BCUT2D eigenvalue weighted by molar-refractivity contribution is -0.129. The summed E-state index contributed by atoms with van der Waals surface area (Å²) in [6.07, 6.45) is 2.81. The maximum atomic E-state index is 12.1. The van der Waals surface area contributed by atoms with Gasteiger partial charge < -0.3 is 10.2 Å². The largest absolute Gasteiger partial charge is 0.339 e. The van der Waals surface area contributed by atoms with E-state index in [4.69, 9.17) is 0 Å². The lowest BCUT2D eigenvalue weighted by Crippen LogP contribution is -2.37. The smallest absolute Gasteiger partial charge is 0.222 e. The minimum atomic E-state index is 0.328. The van der Waals surface area contributed by atoms with Crippen LogP contribution >= 0.6 is 0 Å². The molecule has 0 bridgehead atoms. The van der Waals surface area contributed by atoms with E-state index < -0.39 is 0 Å². The van der Waals surface area contributed by atoms with Gasteiger partial charge >= 0.3 is 0 Å². The van der Waals surface area contributed by atoms with Crippen LogP contribution in [0.25, 0.3) is 0 Å². The number of nitrogens with one attached hydrogen (secondary N) is 1. The van der Waals surface area contributed by atoms with Crippen molar-refractivity contribution in [2.24, 2.45) is 0 Å². The number of carbonyl (C=O) groups excluding carboxylic acids is 1. The minimum absolute atomic E-state index is 0.328. The molecular formula is C17H26N2O. The lowest BCUT2D eigenvalue weighted by atomic mass is 10.00. The lowest BCUT2D eigenvalue weighted by Gasteiger charge is -2.28. The third-order valence-corrected chi connectivity index (χ3v) is 4.20. The zero-order valence-electron chi connectivity index (χ0n) is 12.6. The Balaban J connectivity index is 1.93. The topological polar surface area (TPSA) is 32.3 Å². The molecule has 0 spiro atoms. The monoisotopic (exact) mass is 274 g/mol. The first-order valence-electron chi connectivity index (χ1n) is 7.77. The summed E-state index contributed by atoms with van der Waals surface area (Å²) < 4.78 is 0. The highest BCUT2D eigenvalue weighted by molar-refractivity contribution is 5.78. The normalized spacial score (nSPS) is 20.4. The van der Waals surface area contributed by atoms with Crippen molar-refractivity contribution in [1.82, 2.24) is 10.2 Å². The molecule has 0 aromatic heterocycles. The van der Waals surface area contributed by atoms with E-state index in [2.05, 4.69) is 48.3 Å². The van der Waals surface area contributed by atoms with Crippen LogP contribution in [-0.4, -0.2) is 36.5 Å². The first-order chi connectivity index (χ1) is 9.72. The van der Waals surface area contributed by atoms with Crippen molar-refractivity contribution >= 4 is 5.91 Å². The van der Waals surface area contributed by atoms with E-state index in [-0.39, 0.29) is 0 Å². The van der Waals surface area contributed by atoms with Crippen LogP contribution in [0.5, 0.6) is 0 Å². The summed E-state index contributed by atoms with van der Waals surface area (Å²) in [6.45, 7) is 7.18. The Labute approximate surface area is 122 Å². The predicted molar refractivity (Wildman–Crippen MR) is 82.8 cm³/mol. The fourth-order valence-corrected chi connectivity index (χ4v) is 2.97. The quantitative estimate of drug-likeness (QED) is 0.775. The maximum absolute atomic E-state index is 12.1. The third-order valence-electron chi connectivity index (χ3n) is 4.20. The van der Waals surface area contributed by atoms with Crippen molar-refractivity contribution in [3.8, 4) is 0 Å². The highest BCUT2D eigenvalue weighted by Gasteiger charge is 2.31. The molecule has 0 unspecified atom stereocenters. The van der Waals surface area contributed by atoms with Gasteiger partial charge in [0, 0.05) is 19.0 Å². The molecule has 1 amide bonds. The van der Waals surface area contributed by atoms with Gasteiger partial charge in [0.1, 0.15) is 0 Å². The van der Waals surface area contributed by atoms with E-state index in [1.165, 1.54) is 5.56 Å². The van der Waals surface area contributed by atoms with Crippen molar-refractivity contribution in [1.29, 1.82) is 0 Å². The van der Waals surface area contributed by atoms with Crippen molar-refractivity contribution in [3.05, 3.63) is 35.9 Å². The maximum Gasteiger partial charge on any atom is 0.222 e. The van der Waals surface area contributed by atoms with Gasteiger partial charge in [0.05, 0.1) is 0 Å². The molecule has 1 saturated heterocycles. The van der Waals surface area contributed by atoms with E-state index in [0.717, 1.165) is 38.9 Å². The van der Waals surface area contributed by atoms with Gasteiger partial charge in [-0.2, -0.15) is 0 Å². The van der Waals surface area contributed by atoms with Gasteiger partial charge in [-0.1, -0.05) is 44.2 Å². The van der Waals surface area contributed by atoms with Crippen molar-refractivity contribution in [2.75, 3.05) is 19.6 Å². The first-order valence-corrected chi connectivity index (χ1v) is 7.77. The zero-order valence-corrected chi connectivity index (χ0v) is 12.6.